The second kappa shape index (κ2) is 5.50. The Morgan fingerprint density at radius 1 is 1.75 bits per heavy atom. The van der Waals surface area contributed by atoms with Gasteiger partial charge in [-0.1, -0.05) is 25.6 Å². The number of hydrogen-bond acceptors (Lipinski definition) is 5. The molecule has 1 unspecified atom stereocenters. The summed E-state index contributed by atoms with van der Waals surface area (Å²) in [5.74, 6) is 0. The Labute approximate surface area is 81.1 Å². The lowest BCUT2D eigenvalue weighted by Crippen LogP contribution is -2.21. The van der Waals surface area contributed by atoms with Crippen LogP contribution in [0, 0.1) is 0 Å². The smallest absolute Gasteiger partial charge is 0.170 e. The van der Waals surface area contributed by atoms with Gasteiger partial charge in [0.15, 0.2) is 4.34 Å². The fourth-order valence-electron chi connectivity index (χ4n) is 0.776. The van der Waals surface area contributed by atoms with E-state index in [9.17, 15) is 0 Å². The van der Waals surface area contributed by atoms with Gasteiger partial charge in [-0.25, -0.2) is 4.98 Å². The zero-order valence-corrected chi connectivity index (χ0v) is 8.91. The number of nitrogens with zero attached hydrogens (tertiary/aromatic N) is 2. The van der Waals surface area contributed by atoms with Crippen LogP contribution in [0.5, 0.6) is 0 Å². The number of aromatic nitrogens is 2. The molecule has 0 aliphatic carbocycles. The molecule has 0 spiro atoms. The van der Waals surface area contributed by atoms with Crippen LogP contribution in [0.1, 0.15) is 13.8 Å². The Morgan fingerprint density at radius 3 is 3.17 bits per heavy atom. The molecule has 12 heavy (non-hydrogen) atoms. The number of hydrogen-bond donors (Lipinski definition) is 1. The maximum Gasteiger partial charge on any atom is 0.170 e. The molecule has 1 N–H and O–H groups in total. The zero-order valence-electron chi connectivity index (χ0n) is 7.28. The van der Waals surface area contributed by atoms with E-state index in [0.717, 1.165) is 17.4 Å². The molecule has 1 heterocycles. The summed E-state index contributed by atoms with van der Waals surface area (Å²) < 4.78 is 5.00. The van der Waals surface area contributed by atoms with Crippen molar-refractivity contribution in [2.45, 2.75) is 23.4 Å². The summed E-state index contributed by atoms with van der Waals surface area (Å²) in [7, 11) is 0. The molecule has 0 aromatic carbocycles. The largest absolute Gasteiger partial charge is 0.316 e. The lowest BCUT2D eigenvalue weighted by atomic mass is 10.5. The molecule has 0 amide bonds. The van der Waals surface area contributed by atoms with E-state index in [4.69, 9.17) is 0 Å². The maximum absolute atomic E-state index is 4.11. The van der Waals surface area contributed by atoms with Crippen molar-refractivity contribution in [3.63, 3.8) is 0 Å². The van der Waals surface area contributed by atoms with Gasteiger partial charge in [-0.05, 0) is 18.1 Å². The Hall–Kier alpha value is -0.130. The molecule has 1 aromatic rings. The first-order valence-electron chi connectivity index (χ1n) is 3.97. The van der Waals surface area contributed by atoms with E-state index in [0.29, 0.717) is 5.25 Å². The minimum atomic E-state index is 0.567. The Balaban J connectivity index is 2.22. The monoisotopic (exact) mass is 203 g/mol. The molecule has 1 rings (SSSR count). The molecule has 0 radical (unpaired) electrons. The molecular formula is C7H13N3S2. The highest BCUT2D eigenvalue weighted by Gasteiger charge is 2.05. The van der Waals surface area contributed by atoms with Crippen LogP contribution in [-0.4, -0.2) is 27.7 Å². The van der Waals surface area contributed by atoms with Crippen molar-refractivity contribution in [1.29, 1.82) is 0 Å². The first-order valence-corrected chi connectivity index (χ1v) is 5.62. The third kappa shape index (κ3) is 3.51. The van der Waals surface area contributed by atoms with Gasteiger partial charge < -0.3 is 5.32 Å². The van der Waals surface area contributed by atoms with E-state index < -0.39 is 0 Å². The summed E-state index contributed by atoms with van der Waals surface area (Å²) in [6.45, 7) is 6.36. The van der Waals surface area contributed by atoms with Crippen LogP contribution in [0.4, 0.5) is 0 Å². The minimum Gasteiger partial charge on any atom is -0.316 e. The summed E-state index contributed by atoms with van der Waals surface area (Å²) in [6.07, 6.45) is 1.60. The van der Waals surface area contributed by atoms with Crippen LogP contribution in [0.25, 0.3) is 0 Å². The van der Waals surface area contributed by atoms with Gasteiger partial charge >= 0.3 is 0 Å². The number of thioether (sulfide) groups is 1. The van der Waals surface area contributed by atoms with Crippen molar-refractivity contribution in [3.8, 4) is 0 Å². The summed E-state index contributed by atoms with van der Waals surface area (Å²) in [4.78, 5) is 4.11. The molecule has 0 fully saturated rings. The molecule has 1 aromatic heterocycles. The SMILES string of the molecule is CCNCC(C)Sc1ncns1. The van der Waals surface area contributed by atoms with E-state index >= 15 is 0 Å². The fraction of sp³-hybridized carbons (Fsp3) is 0.714. The molecular weight excluding hydrogens is 190 g/mol. The van der Waals surface area contributed by atoms with Crippen molar-refractivity contribution >= 4 is 23.3 Å². The first-order chi connectivity index (χ1) is 5.83. The summed E-state index contributed by atoms with van der Waals surface area (Å²) in [5.41, 5.74) is 0. The topological polar surface area (TPSA) is 37.8 Å². The van der Waals surface area contributed by atoms with Gasteiger partial charge in [0.25, 0.3) is 0 Å². The normalized spacial score (nSPS) is 13.2. The zero-order chi connectivity index (χ0) is 8.81. The molecule has 0 aliphatic heterocycles. The van der Waals surface area contributed by atoms with Gasteiger partial charge in [0, 0.05) is 11.8 Å². The van der Waals surface area contributed by atoms with Crippen LogP contribution < -0.4 is 5.32 Å². The Morgan fingerprint density at radius 2 is 2.58 bits per heavy atom. The van der Waals surface area contributed by atoms with Crippen LogP contribution in [0.2, 0.25) is 0 Å². The summed E-state index contributed by atoms with van der Waals surface area (Å²) in [6, 6.07) is 0. The highest BCUT2D eigenvalue weighted by atomic mass is 32.2. The maximum atomic E-state index is 4.11. The van der Waals surface area contributed by atoms with Crippen molar-refractivity contribution in [3.05, 3.63) is 6.33 Å². The van der Waals surface area contributed by atoms with Crippen LogP contribution >= 0.6 is 23.3 Å². The predicted molar refractivity (Wildman–Crippen MR) is 53.8 cm³/mol. The Bertz CT molecular complexity index is 200. The molecule has 0 saturated carbocycles. The standard InChI is InChI=1S/C7H13N3S2/c1-3-8-4-6(2)11-7-9-5-10-12-7/h5-6,8H,3-4H2,1-2H3. The fourth-order valence-corrected chi connectivity index (χ4v) is 2.50. The molecule has 0 saturated heterocycles. The van der Waals surface area contributed by atoms with Crippen molar-refractivity contribution in [2.24, 2.45) is 0 Å². The first kappa shape index (κ1) is 9.95. The lowest BCUT2D eigenvalue weighted by Gasteiger charge is -2.07. The second-order valence-corrected chi connectivity index (χ2v) is 4.91. The third-order valence-electron chi connectivity index (χ3n) is 1.32. The van der Waals surface area contributed by atoms with Crippen molar-refractivity contribution < 1.29 is 0 Å². The molecule has 5 heteroatoms. The van der Waals surface area contributed by atoms with E-state index in [1.807, 2.05) is 0 Å². The van der Waals surface area contributed by atoms with Gasteiger partial charge in [-0.15, -0.1) is 0 Å². The van der Waals surface area contributed by atoms with Gasteiger partial charge in [-0.2, -0.15) is 4.37 Å². The Kier molecular flexibility index (Phi) is 4.57. The van der Waals surface area contributed by atoms with Gasteiger partial charge in [0.05, 0.1) is 0 Å². The van der Waals surface area contributed by atoms with Gasteiger partial charge in [0.1, 0.15) is 6.33 Å². The quantitative estimate of drug-likeness (QED) is 0.738. The summed E-state index contributed by atoms with van der Waals surface area (Å²) in [5, 5.41) is 3.86. The predicted octanol–water partition coefficient (Wildman–Crippen LogP) is 1.63. The van der Waals surface area contributed by atoms with E-state index in [2.05, 4.69) is 28.5 Å². The molecule has 1 atom stereocenters. The van der Waals surface area contributed by atoms with E-state index in [-0.39, 0.29) is 0 Å². The minimum absolute atomic E-state index is 0.567. The molecule has 3 nitrogen and oxygen atoms in total. The van der Waals surface area contributed by atoms with Crippen LogP contribution in [0.15, 0.2) is 10.7 Å². The average Bonchev–Trinajstić information content (AvgIpc) is 2.53. The highest BCUT2D eigenvalue weighted by Crippen LogP contribution is 2.22. The summed E-state index contributed by atoms with van der Waals surface area (Å²) >= 11 is 3.23. The second-order valence-electron chi connectivity index (χ2n) is 2.44. The third-order valence-corrected chi connectivity index (χ3v) is 3.17. The van der Waals surface area contributed by atoms with Gasteiger partial charge in [-0.3, -0.25) is 0 Å². The van der Waals surface area contributed by atoms with Crippen molar-refractivity contribution in [1.82, 2.24) is 14.7 Å². The highest BCUT2D eigenvalue weighted by molar-refractivity contribution is 8.01. The molecule has 0 aliphatic rings. The van der Waals surface area contributed by atoms with Crippen molar-refractivity contribution in [2.75, 3.05) is 13.1 Å². The van der Waals surface area contributed by atoms with Gasteiger partial charge in [0.2, 0.25) is 0 Å². The van der Waals surface area contributed by atoms with Crippen LogP contribution in [0.3, 0.4) is 0 Å². The average molecular weight is 203 g/mol. The van der Waals surface area contributed by atoms with Crippen LogP contribution in [-0.2, 0) is 0 Å². The number of nitrogens with one attached hydrogen (secondary N) is 1. The molecule has 0 bridgehead atoms. The van der Waals surface area contributed by atoms with E-state index in [1.165, 1.54) is 11.5 Å². The van der Waals surface area contributed by atoms with E-state index in [1.54, 1.807) is 18.1 Å². The number of rotatable bonds is 5. The lowest BCUT2D eigenvalue weighted by molar-refractivity contribution is 0.713. The molecule has 68 valence electrons.